The van der Waals surface area contributed by atoms with Crippen LogP contribution in [0.25, 0.3) is 0 Å². The fourth-order valence-electron chi connectivity index (χ4n) is 3.39. The van der Waals surface area contributed by atoms with Crippen molar-refractivity contribution in [2.24, 2.45) is 0 Å². The summed E-state index contributed by atoms with van der Waals surface area (Å²) in [5, 5.41) is 0.115. The first kappa shape index (κ1) is 19.1. The molecule has 0 N–H and O–H groups in total. The first-order chi connectivity index (χ1) is 10.2. The van der Waals surface area contributed by atoms with E-state index in [2.05, 4.69) is 53.0 Å². The van der Waals surface area contributed by atoms with E-state index >= 15 is 0 Å². The van der Waals surface area contributed by atoms with E-state index < -0.39 is 8.07 Å². The molecule has 22 heavy (non-hydrogen) atoms. The lowest BCUT2D eigenvalue weighted by Crippen LogP contribution is -2.43. The van der Waals surface area contributed by atoms with Gasteiger partial charge in [-0.2, -0.15) is 0 Å². The Hall–Kier alpha value is -0.983. The van der Waals surface area contributed by atoms with Crippen LogP contribution in [-0.2, 0) is 4.79 Å². The van der Waals surface area contributed by atoms with Gasteiger partial charge in [0.2, 0.25) is 0 Å². The monoisotopic (exact) mass is 332 g/mol. The molecule has 1 aromatic carbocycles. The third-order valence-corrected chi connectivity index (χ3v) is 11.5. The molecule has 1 aromatic rings. The van der Waals surface area contributed by atoms with Crippen molar-refractivity contribution >= 4 is 25.0 Å². The van der Waals surface area contributed by atoms with Crippen molar-refractivity contribution in [3.05, 3.63) is 29.8 Å². The molecule has 0 fully saturated rings. The van der Waals surface area contributed by atoms with E-state index in [9.17, 15) is 4.79 Å². The summed E-state index contributed by atoms with van der Waals surface area (Å²) in [6, 6.07) is 8.02. The summed E-state index contributed by atoms with van der Waals surface area (Å²) in [4.78, 5) is 12.1. The maximum Gasteiger partial charge on any atom is 0.190 e. The van der Waals surface area contributed by atoms with Gasteiger partial charge in [-0.1, -0.05) is 59.2 Å². The SMILES string of the molecule is CC(=O)Sc1ccc(C#C[Si](C(C)C)(C(C)C)C(C)C)cc1. The largest absolute Gasteiger partial charge is 0.287 e. The van der Waals surface area contributed by atoms with E-state index in [0.717, 1.165) is 10.5 Å². The zero-order valence-corrected chi connectivity index (χ0v) is 16.7. The zero-order chi connectivity index (χ0) is 16.9. The van der Waals surface area contributed by atoms with Gasteiger partial charge in [0.15, 0.2) is 5.12 Å². The van der Waals surface area contributed by atoms with Crippen LogP contribution >= 0.6 is 11.8 Å². The molecule has 1 nitrogen and oxygen atoms in total. The van der Waals surface area contributed by atoms with Crippen molar-refractivity contribution in [3.8, 4) is 11.5 Å². The number of carbonyl (C=O) groups excluding carboxylic acids is 1. The molecule has 0 aromatic heterocycles. The van der Waals surface area contributed by atoms with Crippen LogP contribution in [0.4, 0.5) is 0 Å². The maximum atomic E-state index is 11.1. The highest BCUT2D eigenvalue weighted by molar-refractivity contribution is 8.13. The van der Waals surface area contributed by atoms with E-state index in [-0.39, 0.29) is 5.12 Å². The average molecular weight is 333 g/mol. The first-order valence-corrected chi connectivity index (χ1v) is 11.1. The molecule has 3 heteroatoms. The van der Waals surface area contributed by atoms with Gasteiger partial charge in [-0.05, 0) is 40.9 Å². The van der Waals surface area contributed by atoms with Crippen LogP contribution in [0, 0.1) is 11.5 Å². The van der Waals surface area contributed by atoms with Gasteiger partial charge >= 0.3 is 0 Å². The molecule has 0 spiro atoms. The second-order valence-electron chi connectivity index (χ2n) is 6.77. The normalized spacial score (nSPS) is 11.7. The fraction of sp³-hybridized carbons (Fsp3) is 0.526. The van der Waals surface area contributed by atoms with E-state index in [4.69, 9.17) is 0 Å². The Morgan fingerprint density at radius 3 is 1.77 bits per heavy atom. The minimum absolute atomic E-state index is 0.115. The van der Waals surface area contributed by atoms with Crippen molar-refractivity contribution < 1.29 is 4.79 Å². The Morgan fingerprint density at radius 1 is 0.955 bits per heavy atom. The summed E-state index contributed by atoms with van der Waals surface area (Å²) in [6.45, 7) is 15.6. The Balaban J connectivity index is 3.10. The van der Waals surface area contributed by atoms with Crippen molar-refractivity contribution in [1.82, 2.24) is 0 Å². The fourth-order valence-corrected chi connectivity index (χ4v) is 9.22. The molecule has 0 aliphatic heterocycles. The lowest BCUT2D eigenvalue weighted by molar-refractivity contribution is -0.109. The van der Waals surface area contributed by atoms with Gasteiger partial charge in [0.05, 0.1) is 0 Å². The minimum Gasteiger partial charge on any atom is -0.287 e. The molecule has 120 valence electrons. The van der Waals surface area contributed by atoms with E-state index in [1.54, 1.807) is 6.92 Å². The van der Waals surface area contributed by atoms with Crippen LogP contribution in [0.1, 0.15) is 54.0 Å². The van der Waals surface area contributed by atoms with Gasteiger partial charge in [-0.25, -0.2) is 0 Å². The summed E-state index contributed by atoms with van der Waals surface area (Å²) in [6.07, 6.45) is 0. The third kappa shape index (κ3) is 4.51. The van der Waals surface area contributed by atoms with Crippen molar-refractivity contribution in [1.29, 1.82) is 0 Å². The summed E-state index contributed by atoms with van der Waals surface area (Å²) in [5.74, 6) is 3.43. The van der Waals surface area contributed by atoms with Gasteiger partial charge in [0.25, 0.3) is 0 Å². The van der Waals surface area contributed by atoms with Gasteiger partial charge in [0, 0.05) is 17.4 Å². The average Bonchev–Trinajstić information content (AvgIpc) is 2.39. The summed E-state index contributed by atoms with van der Waals surface area (Å²) in [7, 11) is -1.67. The standard InChI is InChI=1S/C19H28OSSi/c1-14(2)22(15(3)4,16(5)6)13-12-18-8-10-19(11-9-18)21-17(7)20/h8-11,14-16H,1-7H3. The second kappa shape index (κ2) is 8.03. The number of hydrogen-bond donors (Lipinski definition) is 0. The molecule has 0 bridgehead atoms. The van der Waals surface area contributed by atoms with Crippen molar-refractivity contribution in [2.45, 2.75) is 70.0 Å². The molecule has 0 unspecified atom stereocenters. The molecule has 1 rings (SSSR count). The van der Waals surface area contributed by atoms with Gasteiger partial charge in [0.1, 0.15) is 8.07 Å². The van der Waals surface area contributed by atoms with Crippen LogP contribution in [0.5, 0.6) is 0 Å². The lowest BCUT2D eigenvalue weighted by atomic mass is 10.2. The molecule has 0 aliphatic carbocycles. The quantitative estimate of drug-likeness (QED) is 0.388. The molecular weight excluding hydrogens is 304 g/mol. The molecule has 0 saturated carbocycles. The lowest BCUT2D eigenvalue weighted by Gasteiger charge is -2.38. The molecule has 0 amide bonds. The summed E-state index contributed by atoms with van der Waals surface area (Å²) >= 11 is 1.27. The van der Waals surface area contributed by atoms with E-state index in [1.807, 2.05) is 24.3 Å². The Kier molecular flexibility index (Phi) is 6.96. The summed E-state index contributed by atoms with van der Waals surface area (Å²) in [5.41, 5.74) is 6.71. The van der Waals surface area contributed by atoms with Crippen LogP contribution in [0.2, 0.25) is 16.6 Å². The predicted octanol–water partition coefficient (Wildman–Crippen LogP) is 5.89. The molecule has 0 radical (unpaired) electrons. The highest BCUT2D eigenvalue weighted by Gasteiger charge is 2.41. The molecular formula is C19H28OSSi. The highest BCUT2D eigenvalue weighted by Crippen LogP contribution is 2.40. The van der Waals surface area contributed by atoms with Gasteiger partial charge in [-0.3, -0.25) is 4.79 Å². The van der Waals surface area contributed by atoms with Crippen LogP contribution in [-0.4, -0.2) is 13.2 Å². The Labute approximate surface area is 141 Å². The van der Waals surface area contributed by atoms with Gasteiger partial charge < -0.3 is 0 Å². The molecule has 0 heterocycles. The molecule has 0 atom stereocenters. The number of carbonyl (C=O) groups is 1. The van der Waals surface area contributed by atoms with E-state index in [1.165, 1.54) is 11.8 Å². The third-order valence-electron chi connectivity index (χ3n) is 4.41. The Bertz CT molecular complexity index is 540. The maximum absolute atomic E-state index is 11.1. The topological polar surface area (TPSA) is 17.1 Å². The number of hydrogen-bond acceptors (Lipinski definition) is 2. The minimum atomic E-state index is -1.67. The number of thioether (sulfide) groups is 1. The zero-order valence-electron chi connectivity index (χ0n) is 14.9. The number of benzene rings is 1. The van der Waals surface area contributed by atoms with Crippen molar-refractivity contribution in [2.75, 3.05) is 0 Å². The van der Waals surface area contributed by atoms with E-state index in [0.29, 0.717) is 16.6 Å². The summed E-state index contributed by atoms with van der Waals surface area (Å²) < 4.78 is 0. The number of rotatable bonds is 4. The highest BCUT2D eigenvalue weighted by atomic mass is 32.2. The van der Waals surface area contributed by atoms with Crippen molar-refractivity contribution in [3.63, 3.8) is 0 Å². The van der Waals surface area contributed by atoms with Gasteiger partial charge in [-0.15, -0.1) is 5.54 Å². The van der Waals surface area contributed by atoms with Crippen LogP contribution in [0.3, 0.4) is 0 Å². The molecule has 0 aliphatic rings. The second-order valence-corrected chi connectivity index (χ2v) is 13.6. The van der Waals surface area contributed by atoms with Crippen LogP contribution in [0.15, 0.2) is 29.2 Å². The predicted molar refractivity (Wildman–Crippen MR) is 101 cm³/mol. The first-order valence-electron chi connectivity index (χ1n) is 8.01. The smallest absolute Gasteiger partial charge is 0.190 e. The van der Waals surface area contributed by atoms with Crippen LogP contribution < -0.4 is 0 Å². The molecule has 0 saturated heterocycles. The Morgan fingerprint density at radius 2 is 1.41 bits per heavy atom.